The summed E-state index contributed by atoms with van der Waals surface area (Å²) >= 11 is 0. The van der Waals surface area contributed by atoms with Crippen LogP contribution in [0.25, 0.3) is 0 Å². The quantitative estimate of drug-likeness (QED) is 0.774. The van der Waals surface area contributed by atoms with Gasteiger partial charge in [0.2, 0.25) is 5.91 Å². The molecule has 16 heavy (non-hydrogen) atoms. The van der Waals surface area contributed by atoms with Gasteiger partial charge in [-0.3, -0.25) is 9.59 Å². The highest BCUT2D eigenvalue weighted by Gasteiger charge is 2.05. The van der Waals surface area contributed by atoms with E-state index in [4.69, 9.17) is 4.74 Å². The monoisotopic (exact) mass is 221 g/mol. The standard InChI is InChI=1S/C12H15NO3/c1-3-16-11-6-4-10(5-7-11)13-12(15)8-9(2)14/h4-7H,3,8H2,1-2H3,(H,13,15). The van der Waals surface area contributed by atoms with Crippen LogP contribution in [0.1, 0.15) is 20.3 Å². The second kappa shape index (κ2) is 5.90. The van der Waals surface area contributed by atoms with Crippen LogP contribution >= 0.6 is 0 Å². The van der Waals surface area contributed by atoms with Crippen LogP contribution in [-0.4, -0.2) is 18.3 Å². The predicted octanol–water partition coefficient (Wildman–Crippen LogP) is 2.00. The average molecular weight is 221 g/mol. The molecule has 0 bridgehead atoms. The van der Waals surface area contributed by atoms with Gasteiger partial charge >= 0.3 is 0 Å². The van der Waals surface area contributed by atoms with Crippen molar-refractivity contribution in [3.8, 4) is 5.75 Å². The Balaban J connectivity index is 2.54. The van der Waals surface area contributed by atoms with Crippen LogP contribution in [0, 0.1) is 0 Å². The highest BCUT2D eigenvalue weighted by molar-refractivity contribution is 6.03. The number of ether oxygens (including phenoxy) is 1. The van der Waals surface area contributed by atoms with Crippen molar-refractivity contribution < 1.29 is 14.3 Å². The second-order valence-corrected chi connectivity index (χ2v) is 3.38. The molecular formula is C12H15NO3. The maximum Gasteiger partial charge on any atom is 0.231 e. The number of amides is 1. The molecule has 1 aromatic rings. The summed E-state index contributed by atoms with van der Waals surface area (Å²) < 4.78 is 5.26. The van der Waals surface area contributed by atoms with E-state index in [-0.39, 0.29) is 18.1 Å². The highest BCUT2D eigenvalue weighted by atomic mass is 16.5. The zero-order chi connectivity index (χ0) is 12.0. The number of rotatable bonds is 5. The van der Waals surface area contributed by atoms with Gasteiger partial charge in [0, 0.05) is 5.69 Å². The van der Waals surface area contributed by atoms with Crippen LogP contribution in [0.15, 0.2) is 24.3 Å². The molecule has 1 N–H and O–H groups in total. The highest BCUT2D eigenvalue weighted by Crippen LogP contribution is 2.15. The molecular weight excluding hydrogens is 206 g/mol. The summed E-state index contributed by atoms with van der Waals surface area (Å²) in [4.78, 5) is 22.0. The number of anilines is 1. The van der Waals surface area contributed by atoms with Gasteiger partial charge in [-0.25, -0.2) is 0 Å². The summed E-state index contributed by atoms with van der Waals surface area (Å²) in [5.41, 5.74) is 0.662. The number of nitrogens with one attached hydrogen (secondary N) is 1. The molecule has 0 aromatic heterocycles. The normalized spacial score (nSPS) is 9.62. The van der Waals surface area contributed by atoms with E-state index in [0.717, 1.165) is 5.75 Å². The van der Waals surface area contributed by atoms with E-state index in [1.54, 1.807) is 24.3 Å². The molecule has 1 rings (SSSR count). The number of Topliss-reactive ketones (excluding diaryl/α,β-unsaturated/α-hetero) is 1. The van der Waals surface area contributed by atoms with Crippen molar-refractivity contribution >= 4 is 17.4 Å². The number of benzene rings is 1. The van der Waals surface area contributed by atoms with E-state index in [2.05, 4.69) is 5.32 Å². The first-order valence-corrected chi connectivity index (χ1v) is 5.14. The Bertz CT molecular complexity index is 370. The molecule has 0 saturated carbocycles. The Morgan fingerprint density at radius 2 is 1.88 bits per heavy atom. The summed E-state index contributed by atoms with van der Waals surface area (Å²) in [5.74, 6) is 0.312. The lowest BCUT2D eigenvalue weighted by Crippen LogP contribution is -2.14. The summed E-state index contributed by atoms with van der Waals surface area (Å²) in [7, 11) is 0. The molecule has 0 radical (unpaired) electrons. The third kappa shape index (κ3) is 4.13. The molecule has 0 unspecified atom stereocenters. The van der Waals surface area contributed by atoms with E-state index in [1.807, 2.05) is 6.92 Å². The SMILES string of the molecule is CCOc1ccc(NC(=O)CC(C)=O)cc1. The molecule has 0 spiro atoms. The van der Waals surface area contributed by atoms with Crippen LogP contribution in [0.2, 0.25) is 0 Å². The molecule has 86 valence electrons. The van der Waals surface area contributed by atoms with Crippen LogP contribution < -0.4 is 10.1 Å². The first kappa shape index (κ1) is 12.2. The molecule has 4 nitrogen and oxygen atoms in total. The molecule has 4 heteroatoms. The maximum absolute atomic E-state index is 11.3. The lowest BCUT2D eigenvalue weighted by molar-refractivity contribution is -0.124. The fraction of sp³-hybridized carbons (Fsp3) is 0.333. The fourth-order valence-corrected chi connectivity index (χ4v) is 1.23. The second-order valence-electron chi connectivity index (χ2n) is 3.38. The van der Waals surface area contributed by atoms with E-state index < -0.39 is 0 Å². The molecule has 0 aliphatic rings. The Morgan fingerprint density at radius 1 is 1.25 bits per heavy atom. The van der Waals surface area contributed by atoms with Gasteiger partial charge in [-0.05, 0) is 38.1 Å². The summed E-state index contributed by atoms with van der Waals surface area (Å²) in [6.45, 7) is 3.90. The Kier molecular flexibility index (Phi) is 4.51. The minimum atomic E-state index is -0.295. The largest absolute Gasteiger partial charge is 0.494 e. The minimum absolute atomic E-state index is 0.0901. The first-order valence-electron chi connectivity index (χ1n) is 5.14. The summed E-state index contributed by atoms with van der Waals surface area (Å²) in [6, 6.07) is 7.02. The zero-order valence-electron chi connectivity index (χ0n) is 9.45. The van der Waals surface area contributed by atoms with Crippen molar-refractivity contribution in [3.05, 3.63) is 24.3 Å². The number of hydrogen-bond donors (Lipinski definition) is 1. The summed E-state index contributed by atoms with van der Waals surface area (Å²) in [5, 5.41) is 2.63. The van der Waals surface area contributed by atoms with Gasteiger partial charge in [-0.1, -0.05) is 0 Å². The van der Waals surface area contributed by atoms with Gasteiger partial charge in [0.05, 0.1) is 13.0 Å². The van der Waals surface area contributed by atoms with Crippen molar-refractivity contribution in [3.63, 3.8) is 0 Å². The van der Waals surface area contributed by atoms with Crippen LogP contribution in [0.3, 0.4) is 0 Å². The molecule has 0 aliphatic heterocycles. The van der Waals surface area contributed by atoms with E-state index in [9.17, 15) is 9.59 Å². The minimum Gasteiger partial charge on any atom is -0.494 e. The molecule has 1 amide bonds. The number of carbonyl (C=O) groups excluding carboxylic acids is 2. The van der Waals surface area contributed by atoms with E-state index in [1.165, 1.54) is 6.92 Å². The zero-order valence-corrected chi connectivity index (χ0v) is 9.45. The van der Waals surface area contributed by atoms with Gasteiger partial charge in [0.15, 0.2) is 0 Å². The van der Waals surface area contributed by atoms with Gasteiger partial charge in [0.1, 0.15) is 11.5 Å². The van der Waals surface area contributed by atoms with Gasteiger partial charge in [0.25, 0.3) is 0 Å². The van der Waals surface area contributed by atoms with E-state index in [0.29, 0.717) is 12.3 Å². The number of carbonyl (C=O) groups is 2. The lowest BCUT2D eigenvalue weighted by Gasteiger charge is -2.06. The fourth-order valence-electron chi connectivity index (χ4n) is 1.23. The van der Waals surface area contributed by atoms with Crippen molar-refractivity contribution in [2.75, 3.05) is 11.9 Å². The third-order valence-electron chi connectivity index (χ3n) is 1.86. The molecule has 1 aromatic carbocycles. The van der Waals surface area contributed by atoms with Gasteiger partial charge < -0.3 is 10.1 Å². The van der Waals surface area contributed by atoms with Crippen LogP contribution in [-0.2, 0) is 9.59 Å². The van der Waals surface area contributed by atoms with Crippen molar-refractivity contribution in [2.45, 2.75) is 20.3 Å². The van der Waals surface area contributed by atoms with Crippen molar-refractivity contribution in [2.24, 2.45) is 0 Å². The Labute approximate surface area is 94.6 Å². The predicted molar refractivity (Wildman–Crippen MR) is 61.5 cm³/mol. The van der Waals surface area contributed by atoms with Crippen molar-refractivity contribution in [1.82, 2.24) is 0 Å². The van der Waals surface area contributed by atoms with Gasteiger partial charge in [-0.15, -0.1) is 0 Å². The van der Waals surface area contributed by atoms with Gasteiger partial charge in [-0.2, -0.15) is 0 Å². The smallest absolute Gasteiger partial charge is 0.231 e. The average Bonchev–Trinajstić information content (AvgIpc) is 2.20. The Hall–Kier alpha value is -1.84. The molecule has 0 atom stereocenters. The van der Waals surface area contributed by atoms with E-state index >= 15 is 0 Å². The lowest BCUT2D eigenvalue weighted by atomic mass is 10.2. The first-order chi connectivity index (χ1) is 7.61. The molecule has 0 aliphatic carbocycles. The maximum atomic E-state index is 11.3. The van der Waals surface area contributed by atoms with Crippen LogP contribution in [0.5, 0.6) is 5.75 Å². The Morgan fingerprint density at radius 3 is 2.38 bits per heavy atom. The number of ketones is 1. The molecule has 0 heterocycles. The summed E-state index contributed by atoms with van der Waals surface area (Å²) in [6.07, 6.45) is -0.0901. The van der Waals surface area contributed by atoms with Crippen LogP contribution in [0.4, 0.5) is 5.69 Å². The molecule has 0 saturated heterocycles. The molecule has 0 fully saturated rings. The number of hydrogen-bond acceptors (Lipinski definition) is 3. The topological polar surface area (TPSA) is 55.4 Å². The third-order valence-corrected chi connectivity index (χ3v) is 1.86. The van der Waals surface area contributed by atoms with Crippen molar-refractivity contribution in [1.29, 1.82) is 0 Å².